The van der Waals surface area contributed by atoms with Crippen LogP contribution in [0.25, 0.3) is 11.5 Å². The summed E-state index contributed by atoms with van der Waals surface area (Å²) in [6, 6.07) is 15.5. The Hall–Kier alpha value is -1.81. The molecule has 23 heavy (non-hydrogen) atoms. The fraction of sp³-hybridized carbons (Fsp3) is 0.167. The minimum absolute atomic E-state index is 0.193. The van der Waals surface area contributed by atoms with E-state index >= 15 is 0 Å². The Balaban J connectivity index is 1.64. The van der Waals surface area contributed by atoms with E-state index in [1.54, 1.807) is 6.26 Å². The van der Waals surface area contributed by atoms with Crippen LogP contribution in [-0.4, -0.2) is 4.98 Å². The lowest BCUT2D eigenvalue weighted by molar-refractivity contribution is 0.553. The SMILES string of the molecule is CC(NCc1coc(-c2cccc(Cl)c2)n1)c1ccc(Cl)cc1. The Kier molecular flexibility index (Phi) is 5.01. The normalized spacial score (nSPS) is 12.3. The fourth-order valence-electron chi connectivity index (χ4n) is 2.27. The second-order valence-corrected chi connectivity index (χ2v) is 6.18. The van der Waals surface area contributed by atoms with Crippen LogP contribution in [0, 0.1) is 0 Å². The van der Waals surface area contributed by atoms with Gasteiger partial charge in [-0.3, -0.25) is 0 Å². The van der Waals surface area contributed by atoms with Crippen LogP contribution in [-0.2, 0) is 6.54 Å². The Morgan fingerprint density at radius 3 is 2.61 bits per heavy atom. The van der Waals surface area contributed by atoms with Crippen molar-refractivity contribution < 1.29 is 4.42 Å². The first kappa shape index (κ1) is 16.1. The molecule has 1 atom stereocenters. The lowest BCUT2D eigenvalue weighted by Crippen LogP contribution is -2.18. The van der Waals surface area contributed by atoms with Crippen molar-refractivity contribution in [2.45, 2.75) is 19.5 Å². The summed E-state index contributed by atoms with van der Waals surface area (Å²) in [6.07, 6.45) is 1.66. The van der Waals surface area contributed by atoms with Crippen LogP contribution in [0.1, 0.15) is 24.2 Å². The highest BCUT2D eigenvalue weighted by Gasteiger charge is 2.09. The highest BCUT2D eigenvalue weighted by Crippen LogP contribution is 2.22. The van der Waals surface area contributed by atoms with Gasteiger partial charge in [-0.2, -0.15) is 0 Å². The number of rotatable bonds is 5. The zero-order valence-electron chi connectivity index (χ0n) is 12.6. The Labute approximate surface area is 145 Å². The Morgan fingerprint density at radius 1 is 1.09 bits per heavy atom. The molecule has 0 fully saturated rings. The zero-order chi connectivity index (χ0) is 16.2. The second-order valence-electron chi connectivity index (χ2n) is 5.31. The summed E-state index contributed by atoms with van der Waals surface area (Å²) in [4.78, 5) is 4.49. The molecule has 1 heterocycles. The van der Waals surface area contributed by atoms with Gasteiger partial charge in [0.25, 0.3) is 0 Å². The van der Waals surface area contributed by atoms with Gasteiger partial charge in [0.2, 0.25) is 5.89 Å². The van der Waals surface area contributed by atoms with Gasteiger partial charge in [-0.05, 0) is 42.8 Å². The van der Waals surface area contributed by atoms with Gasteiger partial charge in [0.05, 0.1) is 5.69 Å². The predicted octanol–water partition coefficient (Wildman–Crippen LogP) is 5.50. The van der Waals surface area contributed by atoms with Crippen molar-refractivity contribution in [1.29, 1.82) is 0 Å². The molecule has 0 saturated carbocycles. The third kappa shape index (κ3) is 4.14. The average Bonchev–Trinajstić information content (AvgIpc) is 3.02. The summed E-state index contributed by atoms with van der Waals surface area (Å²) < 4.78 is 5.53. The first-order valence-electron chi connectivity index (χ1n) is 7.31. The average molecular weight is 347 g/mol. The first-order valence-corrected chi connectivity index (χ1v) is 8.06. The van der Waals surface area contributed by atoms with Crippen LogP contribution in [0.2, 0.25) is 10.0 Å². The van der Waals surface area contributed by atoms with Gasteiger partial charge in [-0.15, -0.1) is 0 Å². The summed E-state index contributed by atoms with van der Waals surface area (Å²) in [5.74, 6) is 0.573. The maximum absolute atomic E-state index is 5.99. The summed E-state index contributed by atoms with van der Waals surface area (Å²) in [7, 11) is 0. The molecule has 1 N–H and O–H groups in total. The predicted molar refractivity (Wildman–Crippen MR) is 93.7 cm³/mol. The van der Waals surface area contributed by atoms with Gasteiger partial charge in [-0.1, -0.05) is 41.4 Å². The molecule has 0 radical (unpaired) electrons. The van der Waals surface area contributed by atoms with Crippen molar-refractivity contribution in [2.75, 3.05) is 0 Å². The van der Waals surface area contributed by atoms with Gasteiger partial charge in [0.15, 0.2) is 0 Å². The van der Waals surface area contributed by atoms with Crippen molar-refractivity contribution in [3.63, 3.8) is 0 Å². The van der Waals surface area contributed by atoms with E-state index in [-0.39, 0.29) is 6.04 Å². The second kappa shape index (κ2) is 7.18. The fourth-order valence-corrected chi connectivity index (χ4v) is 2.59. The third-order valence-corrected chi connectivity index (χ3v) is 4.07. The van der Waals surface area contributed by atoms with Gasteiger partial charge in [0.1, 0.15) is 6.26 Å². The Bertz CT molecular complexity index is 784. The van der Waals surface area contributed by atoms with Crippen molar-refractivity contribution >= 4 is 23.2 Å². The zero-order valence-corrected chi connectivity index (χ0v) is 14.1. The van der Waals surface area contributed by atoms with Crippen molar-refractivity contribution in [2.24, 2.45) is 0 Å². The number of hydrogen-bond acceptors (Lipinski definition) is 3. The van der Waals surface area contributed by atoms with E-state index in [4.69, 9.17) is 27.6 Å². The molecule has 5 heteroatoms. The molecule has 0 spiro atoms. The molecule has 0 saturated heterocycles. The maximum atomic E-state index is 5.99. The first-order chi connectivity index (χ1) is 11.1. The Morgan fingerprint density at radius 2 is 1.87 bits per heavy atom. The van der Waals surface area contributed by atoms with E-state index in [9.17, 15) is 0 Å². The number of nitrogens with one attached hydrogen (secondary N) is 1. The summed E-state index contributed by atoms with van der Waals surface area (Å²) in [5.41, 5.74) is 2.89. The smallest absolute Gasteiger partial charge is 0.226 e. The third-order valence-electron chi connectivity index (χ3n) is 3.58. The van der Waals surface area contributed by atoms with E-state index in [1.165, 1.54) is 5.56 Å². The number of benzene rings is 2. The molecular weight excluding hydrogens is 331 g/mol. The summed E-state index contributed by atoms with van der Waals surface area (Å²) in [5, 5.41) is 4.82. The van der Waals surface area contributed by atoms with E-state index in [0.717, 1.165) is 16.3 Å². The molecule has 3 rings (SSSR count). The molecular formula is C18H16Cl2N2O. The van der Waals surface area contributed by atoms with Crippen molar-refractivity contribution in [1.82, 2.24) is 10.3 Å². The van der Waals surface area contributed by atoms with E-state index in [0.29, 0.717) is 17.5 Å². The van der Waals surface area contributed by atoms with E-state index < -0.39 is 0 Å². The molecule has 2 aromatic carbocycles. The quantitative estimate of drug-likeness (QED) is 0.662. The van der Waals surface area contributed by atoms with Gasteiger partial charge in [0, 0.05) is 28.2 Å². The molecule has 0 aliphatic carbocycles. The number of halogens is 2. The molecule has 0 amide bonds. The molecule has 0 aliphatic rings. The van der Waals surface area contributed by atoms with Crippen LogP contribution in [0.4, 0.5) is 0 Å². The highest BCUT2D eigenvalue weighted by atomic mass is 35.5. The van der Waals surface area contributed by atoms with Crippen molar-refractivity contribution in [3.05, 3.63) is 76.1 Å². The monoisotopic (exact) mass is 346 g/mol. The molecule has 0 aliphatic heterocycles. The van der Waals surface area contributed by atoms with Gasteiger partial charge >= 0.3 is 0 Å². The van der Waals surface area contributed by atoms with E-state index in [1.807, 2.05) is 48.5 Å². The number of aromatic nitrogens is 1. The standard InChI is InChI=1S/C18H16Cl2N2O/c1-12(13-5-7-15(19)8-6-13)21-10-17-11-23-18(22-17)14-3-2-4-16(20)9-14/h2-9,11-12,21H,10H2,1H3. The van der Waals surface area contributed by atoms with Crippen LogP contribution in [0.5, 0.6) is 0 Å². The number of oxazole rings is 1. The molecule has 3 aromatic rings. The van der Waals surface area contributed by atoms with Crippen molar-refractivity contribution in [3.8, 4) is 11.5 Å². The summed E-state index contributed by atoms with van der Waals surface area (Å²) in [6.45, 7) is 2.72. The van der Waals surface area contributed by atoms with Crippen LogP contribution in [0.15, 0.2) is 59.2 Å². The lowest BCUT2D eigenvalue weighted by Gasteiger charge is -2.13. The molecule has 0 bridgehead atoms. The largest absolute Gasteiger partial charge is 0.444 e. The molecule has 1 aromatic heterocycles. The molecule has 3 nitrogen and oxygen atoms in total. The van der Waals surface area contributed by atoms with Crippen LogP contribution < -0.4 is 5.32 Å². The minimum Gasteiger partial charge on any atom is -0.444 e. The molecule has 1 unspecified atom stereocenters. The van der Waals surface area contributed by atoms with Crippen LogP contribution in [0.3, 0.4) is 0 Å². The molecule has 118 valence electrons. The number of hydrogen-bond donors (Lipinski definition) is 1. The summed E-state index contributed by atoms with van der Waals surface area (Å²) >= 11 is 11.9. The minimum atomic E-state index is 0.193. The van der Waals surface area contributed by atoms with Gasteiger partial charge < -0.3 is 9.73 Å². The van der Waals surface area contributed by atoms with Gasteiger partial charge in [-0.25, -0.2) is 4.98 Å². The topological polar surface area (TPSA) is 38.1 Å². The lowest BCUT2D eigenvalue weighted by atomic mass is 10.1. The maximum Gasteiger partial charge on any atom is 0.226 e. The highest BCUT2D eigenvalue weighted by molar-refractivity contribution is 6.31. The van der Waals surface area contributed by atoms with E-state index in [2.05, 4.69) is 17.2 Å². The number of nitrogens with zero attached hydrogens (tertiary/aromatic N) is 1. The van der Waals surface area contributed by atoms with Crippen LogP contribution >= 0.6 is 23.2 Å².